The van der Waals surface area contributed by atoms with Crippen LogP contribution in [-0.4, -0.2) is 96.7 Å². The number of aliphatic hydroxyl groups excluding tert-OH is 1. The number of hydrogen-bond acceptors (Lipinski definition) is 15. The molecule has 0 aromatic rings. The van der Waals surface area contributed by atoms with Crippen molar-refractivity contribution in [1.29, 1.82) is 0 Å². The molecule has 498 valence electrons. The molecule has 0 spiro atoms. The van der Waals surface area contributed by atoms with E-state index in [1.165, 1.54) is 128 Å². The van der Waals surface area contributed by atoms with Gasteiger partial charge in [0.05, 0.1) is 26.4 Å². The summed E-state index contributed by atoms with van der Waals surface area (Å²) in [5, 5.41) is 10.5. The summed E-state index contributed by atoms with van der Waals surface area (Å²) in [5.74, 6) is -0.692. The summed E-state index contributed by atoms with van der Waals surface area (Å²) in [6.07, 6.45) is 40.5. The minimum Gasteiger partial charge on any atom is -0.462 e. The van der Waals surface area contributed by atoms with E-state index in [-0.39, 0.29) is 25.7 Å². The molecule has 0 heterocycles. The number of phosphoric ester groups is 2. The van der Waals surface area contributed by atoms with Gasteiger partial charge in [-0.2, -0.15) is 0 Å². The Hall–Kier alpha value is -1.94. The third-order valence-electron chi connectivity index (χ3n) is 15.3. The highest BCUT2D eigenvalue weighted by atomic mass is 31.2. The van der Waals surface area contributed by atoms with Crippen molar-refractivity contribution in [3.05, 3.63) is 0 Å². The van der Waals surface area contributed by atoms with Crippen LogP contribution < -0.4 is 0 Å². The molecular weight excluding hydrogens is 1110 g/mol. The molecule has 0 aromatic carbocycles. The first-order valence-electron chi connectivity index (χ1n) is 34.0. The van der Waals surface area contributed by atoms with E-state index in [1.54, 1.807) is 0 Å². The van der Waals surface area contributed by atoms with Crippen molar-refractivity contribution in [2.75, 3.05) is 39.6 Å². The second-order valence-corrected chi connectivity index (χ2v) is 27.1. The fraction of sp³-hybridized carbons (Fsp3) is 0.938. The molecule has 0 aromatic heterocycles. The molecule has 0 amide bonds. The first-order valence-corrected chi connectivity index (χ1v) is 37.0. The Morgan fingerprint density at radius 3 is 0.905 bits per heavy atom. The van der Waals surface area contributed by atoms with E-state index in [0.717, 1.165) is 115 Å². The third kappa shape index (κ3) is 57.8. The molecule has 0 radical (unpaired) electrons. The molecule has 0 saturated carbocycles. The summed E-state index contributed by atoms with van der Waals surface area (Å²) >= 11 is 0. The van der Waals surface area contributed by atoms with Gasteiger partial charge in [0, 0.05) is 25.7 Å². The van der Waals surface area contributed by atoms with Gasteiger partial charge in [0.1, 0.15) is 19.3 Å². The zero-order valence-corrected chi connectivity index (χ0v) is 56.0. The number of esters is 4. The maximum absolute atomic E-state index is 13.0. The molecular formula is C65H126O17P2. The Morgan fingerprint density at radius 2 is 0.607 bits per heavy atom. The van der Waals surface area contributed by atoms with Gasteiger partial charge in [0.25, 0.3) is 0 Å². The minimum absolute atomic E-state index is 0.102. The molecule has 19 heteroatoms. The van der Waals surface area contributed by atoms with Crippen LogP contribution in [0, 0.1) is 11.8 Å². The lowest BCUT2D eigenvalue weighted by atomic mass is 10.00. The van der Waals surface area contributed by atoms with Crippen molar-refractivity contribution in [2.45, 2.75) is 342 Å². The number of aliphatic hydroxyl groups is 1. The number of hydrogen-bond donors (Lipinski definition) is 3. The number of unbranched alkanes of at least 4 members (excludes halogenated alkanes) is 33. The van der Waals surface area contributed by atoms with Gasteiger partial charge >= 0.3 is 39.5 Å². The first kappa shape index (κ1) is 82.1. The lowest BCUT2D eigenvalue weighted by Crippen LogP contribution is -2.30. The highest BCUT2D eigenvalue weighted by Crippen LogP contribution is 2.45. The number of carbonyl (C=O) groups is 4. The molecule has 0 fully saturated rings. The highest BCUT2D eigenvalue weighted by Gasteiger charge is 2.30. The molecule has 0 aliphatic rings. The zero-order valence-electron chi connectivity index (χ0n) is 54.2. The van der Waals surface area contributed by atoms with E-state index in [0.29, 0.717) is 25.7 Å². The molecule has 6 atom stereocenters. The van der Waals surface area contributed by atoms with Gasteiger partial charge in [0.15, 0.2) is 12.2 Å². The van der Waals surface area contributed by atoms with Gasteiger partial charge in [-0.1, -0.05) is 273 Å². The van der Waals surface area contributed by atoms with Crippen LogP contribution >= 0.6 is 15.6 Å². The minimum atomic E-state index is -4.95. The largest absolute Gasteiger partial charge is 0.472 e. The second-order valence-electron chi connectivity index (χ2n) is 24.2. The Balaban J connectivity index is 5.21. The Morgan fingerprint density at radius 1 is 0.345 bits per heavy atom. The van der Waals surface area contributed by atoms with Gasteiger partial charge in [-0.3, -0.25) is 37.3 Å². The molecule has 84 heavy (non-hydrogen) atoms. The van der Waals surface area contributed by atoms with Gasteiger partial charge in [0.2, 0.25) is 0 Å². The fourth-order valence-electron chi connectivity index (χ4n) is 9.68. The predicted octanol–water partition coefficient (Wildman–Crippen LogP) is 18.0. The van der Waals surface area contributed by atoms with E-state index in [2.05, 4.69) is 41.5 Å². The quantitative estimate of drug-likeness (QED) is 0.0222. The van der Waals surface area contributed by atoms with Crippen LogP contribution in [0.2, 0.25) is 0 Å². The van der Waals surface area contributed by atoms with Crippen molar-refractivity contribution in [3.8, 4) is 0 Å². The van der Waals surface area contributed by atoms with Crippen LogP contribution in [0.5, 0.6) is 0 Å². The summed E-state index contributed by atoms with van der Waals surface area (Å²) in [6.45, 7) is 9.38. The average Bonchev–Trinajstić information content (AvgIpc) is 3.51. The molecule has 3 unspecified atom stereocenters. The van der Waals surface area contributed by atoms with Crippen LogP contribution in [-0.2, 0) is 65.4 Å². The summed E-state index contributed by atoms with van der Waals surface area (Å²) in [5.41, 5.74) is 0. The lowest BCUT2D eigenvalue weighted by molar-refractivity contribution is -0.161. The predicted molar refractivity (Wildman–Crippen MR) is 335 cm³/mol. The normalized spacial score (nSPS) is 14.6. The summed E-state index contributed by atoms with van der Waals surface area (Å²) < 4.78 is 67.9. The van der Waals surface area contributed by atoms with Crippen molar-refractivity contribution < 1.29 is 80.2 Å². The summed E-state index contributed by atoms with van der Waals surface area (Å²) in [7, 11) is -9.88. The molecule has 3 N–H and O–H groups in total. The molecule has 0 aliphatic heterocycles. The van der Waals surface area contributed by atoms with E-state index < -0.39 is 97.5 Å². The monoisotopic (exact) mass is 1240 g/mol. The van der Waals surface area contributed by atoms with Crippen LogP contribution in [0.1, 0.15) is 324 Å². The zero-order chi connectivity index (χ0) is 62.2. The molecule has 0 aliphatic carbocycles. The van der Waals surface area contributed by atoms with Crippen molar-refractivity contribution in [2.24, 2.45) is 11.8 Å². The standard InChI is InChI=1S/C65H126O17P2/c1-7-10-12-14-16-17-18-19-20-21-22-23-24-30-37-43-49-64(69)81-60(54-76-63(68)48-42-36-29-26-25-28-33-39-45-57(4)5)55-79-83(71,72)77-51-59(66)52-78-84(73,74)80-56-61(53-75-62(67)47-41-35-27-15-13-11-8-2)82-65(70)50-44-38-32-31-34-40-46-58(6)9-3/h57-61,66H,7-56H2,1-6H3,(H,71,72)(H,73,74)/t58?,59-,60-,61-/m1/s1. The third-order valence-corrected chi connectivity index (χ3v) is 17.2. The van der Waals surface area contributed by atoms with Crippen LogP contribution in [0.4, 0.5) is 0 Å². The maximum atomic E-state index is 13.0. The van der Waals surface area contributed by atoms with Crippen LogP contribution in [0.25, 0.3) is 0 Å². The number of ether oxygens (including phenoxy) is 4. The Bertz CT molecular complexity index is 1650. The van der Waals surface area contributed by atoms with Crippen molar-refractivity contribution >= 4 is 39.5 Å². The van der Waals surface area contributed by atoms with E-state index in [9.17, 15) is 43.2 Å². The first-order chi connectivity index (χ1) is 40.4. The lowest BCUT2D eigenvalue weighted by Gasteiger charge is -2.21. The van der Waals surface area contributed by atoms with Gasteiger partial charge in [-0.05, 0) is 37.5 Å². The van der Waals surface area contributed by atoms with Crippen LogP contribution in [0.3, 0.4) is 0 Å². The van der Waals surface area contributed by atoms with Crippen molar-refractivity contribution in [1.82, 2.24) is 0 Å². The van der Waals surface area contributed by atoms with Gasteiger partial charge < -0.3 is 33.8 Å². The smallest absolute Gasteiger partial charge is 0.462 e. The number of rotatable bonds is 64. The van der Waals surface area contributed by atoms with Crippen LogP contribution in [0.15, 0.2) is 0 Å². The van der Waals surface area contributed by atoms with Gasteiger partial charge in [-0.25, -0.2) is 9.13 Å². The average molecular weight is 1240 g/mol. The van der Waals surface area contributed by atoms with E-state index >= 15 is 0 Å². The summed E-state index contributed by atoms with van der Waals surface area (Å²) in [4.78, 5) is 72.1. The van der Waals surface area contributed by atoms with Crippen molar-refractivity contribution in [3.63, 3.8) is 0 Å². The Labute approximate surface area is 511 Å². The Kier molecular flexibility index (Phi) is 56.2. The van der Waals surface area contributed by atoms with Gasteiger partial charge in [-0.15, -0.1) is 0 Å². The van der Waals surface area contributed by atoms with E-state index in [1.807, 2.05) is 0 Å². The van der Waals surface area contributed by atoms with E-state index in [4.69, 9.17) is 37.0 Å². The molecule has 0 rings (SSSR count). The topological polar surface area (TPSA) is 237 Å². The number of carbonyl (C=O) groups excluding carboxylic acids is 4. The molecule has 0 saturated heterocycles. The highest BCUT2D eigenvalue weighted by molar-refractivity contribution is 7.47. The number of phosphoric acid groups is 2. The molecule has 0 bridgehead atoms. The second kappa shape index (κ2) is 57.5. The SMILES string of the molecule is CCCCCCCCCCCCCCCCCCC(=O)O[C@H](COC(=O)CCCCCCCCCCC(C)C)COP(=O)(O)OC[C@@H](O)COP(=O)(O)OC[C@@H](COC(=O)CCCCCCCCC)OC(=O)CCCCCCCCC(C)CC. The summed E-state index contributed by atoms with van der Waals surface area (Å²) in [6, 6.07) is 0. The fourth-order valence-corrected chi connectivity index (χ4v) is 11.3. The maximum Gasteiger partial charge on any atom is 0.472 e. The molecule has 17 nitrogen and oxygen atoms in total.